The lowest BCUT2D eigenvalue weighted by atomic mass is 10.2. The van der Waals surface area contributed by atoms with Crippen LogP contribution in [0.3, 0.4) is 0 Å². The Labute approximate surface area is 64.5 Å². The molecular weight excluding hydrogens is 144 g/mol. The zero-order valence-electron chi connectivity index (χ0n) is 6.53. The highest BCUT2D eigenvalue weighted by atomic mass is 16.4. The number of carbonyl (C=O) groups is 1. The Kier molecular flexibility index (Phi) is 1.94. The molecule has 0 aromatic carbocycles. The van der Waals surface area contributed by atoms with E-state index in [2.05, 4.69) is 5.10 Å². The summed E-state index contributed by atoms with van der Waals surface area (Å²) in [6, 6.07) is 0. The topological polar surface area (TPSA) is 55.1 Å². The van der Waals surface area contributed by atoms with Crippen LogP contribution in [-0.2, 0) is 13.5 Å². The first-order valence-corrected chi connectivity index (χ1v) is 3.41. The highest BCUT2D eigenvalue weighted by Crippen LogP contribution is 2.07. The van der Waals surface area contributed by atoms with E-state index in [-0.39, 0.29) is 5.69 Å². The first-order valence-electron chi connectivity index (χ1n) is 3.41. The minimum absolute atomic E-state index is 0.285. The van der Waals surface area contributed by atoms with Crippen LogP contribution >= 0.6 is 0 Å². The number of rotatable bonds is 2. The summed E-state index contributed by atoms with van der Waals surface area (Å²) >= 11 is 0. The standard InChI is InChI=1S/C7H10N2O2/c1-3-5-4-8-9(2)6(5)7(10)11/h4H,3H2,1-2H3,(H,10,11). The first kappa shape index (κ1) is 7.78. The number of hydrogen-bond acceptors (Lipinski definition) is 2. The molecule has 4 heteroatoms. The van der Waals surface area contributed by atoms with Crippen molar-refractivity contribution in [2.75, 3.05) is 0 Å². The van der Waals surface area contributed by atoms with Crippen LogP contribution < -0.4 is 0 Å². The Hall–Kier alpha value is -1.32. The van der Waals surface area contributed by atoms with Gasteiger partial charge in [0.05, 0.1) is 6.20 Å². The fourth-order valence-corrected chi connectivity index (χ4v) is 1.02. The van der Waals surface area contributed by atoms with Crippen LogP contribution in [0, 0.1) is 0 Å². The average molecular weight is 154 g/mol. The fraction of sp³-hybridized carbons (Fsp3) is 0.429. The summed E-state index contributed by atoms with van der Waals surface area (Å²) in [6.07, 6.45) is 2.29. The molecule has 0 amide bonds. The van der Waals surface area contributed by atoms with Crippen LogP contribution in [0.15, 0.2) is 6.20 Å². The Bertz CT molecular complexity index is 278. The van der Waals surface area contributed by atoms with E-state index in [0.29, 0.717) is 6.42 Å². The Balaban J connectivity index is 3.17. The molecule has 0 spiro atoms. The van der Waals surface area contributed by atoms with Crippen LogP contribution in [0.5, 0.6) is 0 Å². The molecule has 0 fully saturated rings. The first-order chi connectivity index (χ1) is 5.16. The van der Waals surface area contributed by atoms with Gasteiger partial charge < -0.3 is 5.11 Å². The lowest BCUT2D eigenvalue weighted by molar-refractivity contribution is 0.0684. The summed E-state index contributed by atoms with van der Waals surface area (Å²) in [6.45, 7) is 1.91. The van der Waals surface area contributed by atoms with Crippen molar-refractivity contribution in [3.05, 3.63) is 17.5 Å². The van der Waals surface area contributed by atoms with Gasteiger partial charge >= 0.3 is 5.97 Å². The molecular formula is C7H10N2O2. The van der Waals surface area contributed by atoms with Gasteiger partial charge in [0.15, 0.2) is 0 Å². The fourth-order valence-electron chi connectivity index (χ4n) is 1.02. The van der Waals surface area contributed by atoms with Crippen molar-refractivity contribution < 1.29 is 9.90 Å². The number of aromatic nitrogens is 2. The number of aryl methyl sites for hydroxylation is 2. The quantitative estimate of drug-likeness (QED) is 0.681. The molecule has 60 valence electrons. The highest BCUT2D eigenvalue weighted by Gasteiger charge is 2.13. The minimum atomic E-state index is -0.915. The van der Waals surface area contributed by atoms with Gasteiger partial charge in [-0.1, -0.05) is 6.92 Å². The smallest absolute Gasteiger partial charge is 0.354 e. The molecule has 1 aromatic heterocycles. The van der Waals surface area contributed by atoms with E-state index in [0.717, 1.165) is 5.56 Å². The number of hydrogen-bond donors (Lipinski definition) is 1. The summed E-state index contributed by atoms with van der Waals surface area (Å²) < 4.78 is 1.38. The molecule has 0 aliphatic carbocycles. The Morgan fingerprint density at radius 2 is 2.45 bits per heavy atom. The van der Waals surface area contributed by atoms with E-state index in [4.69, 9.17) is 5.11 Å². The van der Waals surface area contributed by atoms with E-state index < -0.39 is 5.97 Å². The molecule has 4 nitrogen and oxygen atoms in total. The van der Waals surface area contributed by atoms with Gasteiger partial charge in [-0.05, 0) is 6.42 Å². The van der Waals surface area contributed by atoms with Crippen molar-refractivity contribution in [1.29, 1.82) is 0 Å². The largest absolute Gasteiger partial charge is 0.477 e. The van der Waals surface area contributed by atoms with Gasteiger partial charge in [0.2, 0.25) is 0 Å². The minimum Gasteiger partial charge on any atom is -0.477 e. The van der Waals surface area contributed by atoms with Gasteiger partial charge in [0.25, 0.3) is 0 Å². The van der Waals surface area contributed by atoms with E-state index in [1.807, 2.05) is 6.92 Å². The summed E-state index contributed by atoms with van der Waals surface area (Å²) in [4.78, 5) is 10.6. The number of aromatic carboxylic acids is 1. The maximum atomic E-state index is 10.6. The van der Waals surface area contributed by atoms with Gasteiger partial charge in [-0.15, -0.1) is 0 Å². The molecule has 0 saturated carbocycles. The second kappa shape index (κ2) is 2.74. The van der Waals surface area contributed by atoms with Crippen molar-refractivity contribution in [1.82, 2.24) is 9.78 Å². The van der Waals surface area contributed by atoms with Crippen LogP contribution in [0.2, 0.25) is 0 Å². The molecule has 0 aliphatic rings. The molecule has 0 bridgehead atoms. The Morgan fingerprint density at radius 3 is 2.82 bits per heavy atom. The van der Waals surface area contributed by atoms with Crippen molar-refractivity contribution >= 4 is 5.97 Å². The predicted octanol–water partition coefficient (Wildman–Crippen LogP) is 0.681. The summed E-state index contributed by atoms with van der Waals surface area (Å²) in [5.41, 5.74) is 1.06. The third kappa shape index (κ3) is 1.24. The molecule has 1 N–H and O–H groups in total. The van der Waals surface area contributed by atoms with Crippen molar-refractivity contribution in [3.8, 4) is 0 Å². The maximum absolute atomic E-state index is 10.6. The summed E-state index contributed by atoms with van der Waals surface area (Å²) in [5, 5.41) is 12.6. The molecule has 1 heterocycles. The second-order valence-electron chi connectivity index (χ2n) is 2.30. The summed E-state index contributed by atoms with van der Waals surface area (Å²) in [5.74, 6) is -0.915. The van der Waals surface area contributed by atoms with Crippen LogP contribution in [0.4, 0.5) is 0 Å². The molecule has 0 aliphatic heterocycles. The normalized spacial score (nSPS) is 10.0. The van der Waals surface area contributed by atoms with Gasteiger partial charge in [-0.25, -0.2) is 4.79 Å². The zero-order valence-corrected chi connectivity index (χ0v) is 6.53. The maximum Gasteiger partial charge on any atom is 0.354 e. The van der Waals surface area contributed by atoms with E-state index in [9.17, 15) is 4.79 Å². The average Bonchev–Trinajstić information content (AvgIpc) is 2.30. The number of carboxylic acid groups (broad SMARTS) is 1. The van der Waals surface area contributed by atoms with Gasteiger partial charge in [-0.2, -0.15) is 5.10 Å². The van der Waals surface area contributed by atoms with Gasteiger partial charge in [-0.3, -0.25) is 4.68 Å². The molecule has 0 unspecified atom stereocenters. The second-order valence-corrected chi connectivity index (χ2v) is 2.30. The molecule has 0 saturated heterocycles. The van der Waals surface area contributed by atoms with Gasteiger partial charge in [0.1, 0.15) is 5.69 Å². The van der Waals surface area contributed by atoms with Crippen molar-refractivity contribution in [2.24, 2.45) is 7.05 Å². The number of carboxylic acids is 1. The predicted molar refractivity (Wildman–Crippen MR) is 39.5 cm³/mol. The monoisotopic (exact) mass is 154 g/mol. The van der Waals surface area contributed by atoms with Crippen molar-refractivity contribution in [3.63, 3.8) is 0 Å². The van der Waals surface area contributed by atoms with Crippen molar-refractivity contribution in [2.45, 2.75) is 13.3 Å². The SMILES string of the molecule is CCc1cnn(C)c1C(=O)O. The molecule has 1 aromatic rings. The lowest BCUT2D eigenvalue weighted by Crippen LogP contribution is -2.07. The summed E-state index contributed by atoms with van der Waals surface area (Å²) in [7, 11) is 1.63. The molecule has 0 radical (unpaired) electrons. The highest BCUT2D eigenvalue weighted by molar-refractivity contribution is 5.87. The van der Waals surface area contributed by atoms with Gasteiger partial charge in [0, 0.05) is 12.6 Å². The molecule has 11 heavy (non-hydrogen) atoms. The third-order valence-corrected chi connectivity index (χ3v) is 1.60. The Morgan fingerprint density at radius 1 is 1.82 bits per heavy atom. The molecule has 1 rings (SSSR count). The van der Waals surface area contributed by atoms with Crippen LogP contribution in [0.1, 0.15) is 23.0 Å². The lowest BCUT2D eigenvalue weighted by Gasteiger charge is -1.96. The number of nitrogens with zero attached hydrogens (tertiary/aromatic N) is 2. The zero-order chi connectivity index (χ0) is 8.43. The van der Waals surface area contributed by atoms with E-state index in [1.54, 1.807) is 13.2 Å². The third-order valence-electron chi connectivity index (χ3n) is 1.60. The van der Waals surface area contributed by atoms with E-state index in [1.165, 1.54) is 4.68 Å². The van der Waals surface area contributed by atoms with Crippen LogP contribution in [-0.4, -0.2) is 20.9 Å². The van der Waals surface area contributed by atoms with Crippen LogP contribution in [0.25, 0.3) is 0 Å². The van der Waals surface area contributed by atoms with E-state index >= 15 is 0 Å². The molecule has 0 atom stereocenters.